The summed E-state index contributed by atoms with van der Waals surface area (Å²) < 4.78 is 29.4. The normalized spacial score (nSPS) is 10.8. The molecule has 0 radical (unpaired) electrons. The molecule has 1 heterocycles. The van der Waals surface area contributed by atoms with Crippen LogP contribution in [0.4, 0.5) is 14.7 Å². The van der Waals surface area contributed by atoms with Gasteiger partial charge < -0.3 is 5.73 Å². The van der Waals surface area contributed by atoms with Crippen LogP contribution in [-0.2, 0) is 0 Å². The minimum Gasteiger partial charge on any atom is -0.369 e. The number of nitrogens with zero attached hydrogens (tertiary/aromatic N) is 3. The molecule has 0 spiro atoms. The van der Waals surface area contributed by atoms with E-state index in [-0.39, 0.29) is 21.7 Å². The van der Waals surface area contributed by atoms with Crippen LogP contribution in [0.2, 0.25) is 0 Å². The molecule has 21 heavy (non-hydrogen) atoms. The molecule has 0 atom stereocenters. The first-order chi connectivity index (χ1) is 10.0. The molecule has 3 rings (SSSR count). The van der Waals surface area contributed by atoms with Gasteiger partial charge in [0, 0.05) is 6.07 Å². The summed E-state index contributed by atoms with van der Waals surface area (Å²) in [6.45, 7) is 0. The first-order valence-electron chi connectivity index (χ1n) is 5.84. The van der Waals surface area contributed by atoms with Gasteiger partial charge in [-0.05, 0) is 40.2 Å². The number of hydrogen-bond acceptors (Lipinski definition) is 3. The van der Waals surface area contributed by atoms with Crippen LogP contribution in [0.1, 0.15) is 5.56 Å². The zero-order valence-electron chi connectivity index (χ0n) is 10.4. The summed E-state index contributed by atoms with van der Waals surface area (Å²) in [6.07, 6.45) is 0. The van der Waals surface area contributed by atoms with Gasteiger partial charge in [-0.1, -0.05) is 0 Å². The standard InChI is InChI=1S/C14H7BrF2N4/c15-8-4-11-13(5-9(8)16)21(14(19)20-11)12-2-1-7(6-18)3-10(12)17/h1-5H,(H2,19,20). The Morgan fingerprint density at radius 3 is 2.62 bits per heavy atom. The molecular formula is C14H7BrF2N4. The number of aromatic nitrogens is 2. The van der Waals surface area contributed by atoms with Crippen molar-refractivity contribution in [3.63, 3.8) is 0 Å². The van der Waals surface area contributed by atoms with Gasteiger partial charge in [-0.25, -0.2) is 13.8 Å². The number of rotatable bonds is 1. The Hall–Kier alpha value is -2.46. The number of imidazole rings is 1. The summed E-state index contributed by atoms with van der Waals surface area (Å²) in [5, 5.41) is 8.76. The van der Waals surface area contributed by atoms with Crippen molar-refractivity contribution in [2.24, 2.45) is 0 Å². The van der Waals surface area contributed by atoms with Gasteiger partial charge >= 0.3 is 0 Å². The molecule has 0 aliphatic heterocycles. The number of fused-ring (bicyclic) bond motifs is 1. The summed E-state index contributed by atoms with van der Waals surface area (Å²) >= 11 is 3.06. The molecule has 104 valence electrons. The van der Waals surface area contributed by atoms with Crippen LogP contribution in [0.3, 0.4) is 0 Å². The van der Waals surface area contributed by atoms with E-state index < -0.39 is 11.6 Å². The highest BCUT2D eigenvalue weighted by atomic mass is 79.9. The average molecular weight is 349 g/mol. The first kappa shape index (κ1) is 13.5. The van der Waals surface area contributed by atoms with E-state index in [9.17, 15) is 8.78 Å². The minimum atomic E-state index is -0.636. The predicted octanol–water partition coefficient (Wildman–Crippen LogP) is 3.52. The lowest BCUT2D eigenvalue weighted by Crippen LogP contribution is -2.03. The van der Waals surface area contributed by atoms with Crippen LogP contribution in [0.25, 0.3) is 16.7 Å². The van der Waals surface area contributed by atoms with Gasteiger partial charge in [0.2, 0.25) is 5.95 Å². The average Bonchev–Trinajstić information content (AvgIpc) is 2.75. The second-order valence-corrected chi connectivity index (χ2v) is 5.19. The molecule has 4 nitrogen and oxygen atoms in total. The SMILES string of the molecule is N#Cc1ccc(-n2c(N)nc3cc(Br)c(F)cc32)c(F)c1. The molecule has 0 fully saturated rings. The lowest BCUT2D eigenvalue weighted by Gasteiger charge is -2.08. The third-order valence-electron chi connectivity index (χ3n) is 3.04. The Morgan fingerprint density at radius 2 is 1.95 bits per heavy atom. The van der Waals surface area contributed by atoms with Gasteiger partial charge in [-0.15, -0.1) is 0 Å². The van der Waals surface area contributed by atoms with E-state index in [2.05, 4.69) is 20.9 Å². The fourth-order valence-corrected chi connectivity index (χ4v) is 2.43. The Labute approximate surface area is 126 Å². The number of benzene rings is 2. The molecule has 2 aromatic carbocycles. The zero-order valence-corrected chi connectivity index (χ0v) is 12.0. The summed E-state index contributed by atoms with van der Waals surface area (Å²) in [5.74, 6) is -1.10. The minimum absolute atomic E-state index is 0.0334. The third kappa shape index (κ3) is 2.14. The molecule has 3 aromatic rings. The molecule has 2 N–H and O–H groups in total. The third-order valence-corrected chi connectivity index (χ3v) is 3.65. The van der Waals surface area contributed by atoms with Crippen molar-refractivity contribution in [1.82, 2.24) is 9.55 Å². The van der Waals surface area contributed by atoms with Crippen molar-refractivity contribution in [2.45, 2.75) is 0 Å². The largest absolute Gasteiger partial charge is 0.369 e. The van der Waals surface area contributed by atoms with Gasteiger partial charge in [-0.3, -0.25) is 4.57 Å². The van der Waals surface area contributed by atoms with Gasteiger partial charge in [0.1, 0.15) is 11.6 Å². The molecule has 1 aromatic heterocycles. The van der Waals surface area contributed by atoms with E-state index in [0.717, 1.165) is 6.07 Å². The maximum atomic E-state index is 14.1. The van der Waals surface area contributed by atoms with Crippen LogP contribution in [-0.4, -0.2) is 9.55 Å². The van der Waals surface area contributed by atoms with E-state index in [1.54, 1.807) is 0 Å². The zero-order chi connectivity index (χ0) is 15.1. The maximum Gasteiger partial charge on any atom is 0.206 e. The highest BCUT2D eigenvalue weighted by molar-refractivity contribution is 9.10. The van der Waals surface area contributed by atoms with E-state index in [1.807, 2.05) is 6.07 Å². The van der Waals surface area contributed by atoms with Crippen molar-refractivity contribution in [3.8, 4) is 11.8 Å². The molecule has 0 aliphatic rings. The molecule has 7 heteroatoms. The van der Waals surface area contributed by atoms with E-state index in [1.165, 1.54) is 28.8 Å². The Bertz CT molecular complexity index is 911. The number of hydrogen-bond donors (Lipinski definition) is 1. The summed E-state index contributed by atoms with van der Waals surface area (Å²) in [4.78, 5) is 4.09. The molecule has 0 saturated heterocycles. The number of halogens is 3. The van der Waals surface area contributed by atoms with Crippen molar-refractivity contribution in [2.75, 3.05) is 5.73 Å². The first-order valence-corrected chi connectivity index (χ1v) is 6.63. The van der Waals surface area contributed by atoms with Crippen molar-refractivity contribution < 1.29 is 8.78 Å². The summed E-state index contributed by atoms with van der Waals surface area (Å²) in [5.41, 5.74) is 6.88. The lowest BCUT2D eigenvalue weighted by molar-refractivity contribution is 0.617. The van der Waals surface area contributed by atoms with Crippen LogP contribution in [0.5, 0.6) is 0 Å². The molecule has 0 aliphatic carbocycles. The highest BCUT2D eigenvalue weighted by Crippen LogP contribution is 2.29. The van der Waals surface area contributed by atoms with Gasteiger partial charge in [0.25, 0.3) is 0 Å². The highest BCUT2D eigenvalue weighted by Gasteiger charge is 2.16. The maximum absolute atomic E-state index is 14.1. The van der Waals surface area contributed by atoms with E-state index in [0.29, 0.717) is 11.0 Å². The van der Waals surface area contributed by atoms with Crippen LogP contribution in [0.15, 0.2) is 34.8 Å². The summed E-state index contributed by atoms with van der Waals surface area (Å²) in [7, 11) is 0. The lowest BCUT2D eigenvalue weighted by atomic mass is 10.2. The smallest absolute Gasteiger partial charge is 0.206 e. The molecule has 0 bridgehead atoms. The topological polar surface area (TPSA) is 67.6 Å². The van der Waals surface area contributed by atoms with Crippen LogP contribution >= 0.6 is 15.9 Å². The van der Waals surface area contributed by atoms with E-state index >= 15 is 0 Å². The number of anilines is 1. The van der Waals surface area contributed by atoms with Crippen LogP contribution < -0.4 is 5.73 Å². The van der Waals surface area contributed by atoms with Gasteiger partial charge in [0.15, 0.2) is 0 Å². The molecule has 0 amide bonds. The second-order valence-electron chi connectivity index (χ2n) is 4.34. The summed E-state index contributed by atoms with van der Waals surface area (Å²) in [6, 6.07) is 8.50. The molecular weight excluding hydrogens is 342 g/mol. The Kier molecular flexibility index (Phi) is 3.11. The van der Waals surface area contributed by atoms with E-state index in [4.69, 9.17) is 11.0 Å². The second kappa shape index (κ2) is 4.82. The fourth-order valence-electron chi connectivity index (χ4n) is 2.10. The van der Waals surface area contributed by atoms with Gasteiger partial charge in [0.05, 0.1) is 32.8 Å². The van der Waals surface area contributed by atoms with Gasteiger partial charge in [-0.2, -0.15) is 5.26 Å². The number of nitrogen functional groups attached to an aromatic ring is 1. The Balaban J connectivity index is 2.32. The number of nitriles is 1. The quantitative estimate of drug-likeness (QED) is 0.731. The molecule has 0 saturated carbocycles. The van der Waals surface area contributed by atoms with Crippen molar-refractivity contribution in [3.05, 3.63) is 52.0 Å². The van der Waals surface area contributed by atoms with Crippen molar-refractivity contribution in [1.29, 1.82) is 5.26 Å². The molecule has 0 unspecified atom stereocenters. The number of nitrogens with two attached hydrogens (primary N) is 1. The fraction of sp³-hybridized carbons (Fsp3) is 0. The predicted molar refractivity (Wildman–Crippen MR) is 77.8 cm³/mol. The van der Waals surface area contributed by atoms with Crippen molar-refractivity contribution >= 4 is 32.9 Å². The Morgan fingerprint density at radius 1 is 1.19 bits per heavy atom. The monoisotopic (exact) mass is 348 g/mol. The van der Waals surface area contributed by atoms with Crippen LogP contribution in [0, 0.1) is 23.0 Å².